The Bertz CT molecular complexity index is 565. The molecule has 0 heterocycles. The van der Waals surface area contributed by atoms with Crippen molar-refractivity contribution in [1.82, 2.24) is 0 Å². The van der Waals surface area contributed by atoms with E-state index in [1.807, 2.05) is 6.08 Å². The van der Waals surface area contributed by atoms with Crippen LogP contribution in [0.5, 0.6) is 0 Å². The molecule has 0 unspecified atom stereocenters. The van der Waals surface area contributed by atoms with E-state index in [0.29, 0.717) is 11.3 Å². The second-order valence-corrected chi connectivity index (χ2v) is 10.5. The summed E-state index contributed by atoms with van der Waals surface area (Å²) < 4.78 is 0. The van der Waals surface area contributed by atoms with E-state index < -0.39 is 0 Å². The normalized spacial score (nSPS) is 51.2. The lowest BCUT2D eigenvalue weighted by Gasteiger charge is -2.59. The average Bonchev–Trinajstić information content (AvgIpc) is 2.81. The van der Waals surface area contributed by atoms with Crippen LogP contribution in [-0.2, 0) is 4.79 Å². The van der Waals surface area contributed by atoms with Gasteiger partial charge in [-0.25, -0.2) is 4.79 Å². The third-order valence-corrected chi connectivity index (χ3v) is 9.58. The molecule has 2 heteroatoms. The van der Waals surface area contributed by atoms with Crippen molar-refractivity contribution in [1.29, 1.82) is 0 Å². The number of allylic oxidation sites excluding steroid dienone is 1. The largest absolute Gasteiger partial charge is 0.390 e. The van der Waals surface area contributed by atoms with Gasteiger partial charge in [-0.3, -0.25) is 0 Å². The van der Waals surface area contributed by atoms with E-state index in [4.69, 9.17) is 0 Å². The number of hydrogen-bond donors (Lipinski definition) is 1. The fraction of sp³-hybridized carbons (Fsp3) is 0.917. The summed E-state index contributed by atoms with van der Waals surface area (Å²) >= 11 is 0. The Morgan fingerprint density at radius 3 is 2.62 bits per heavy atom. The van der Waals surface area contributed by atoms with Gasteiger partial charge >= 0.3 is 0 Å². The first-order valence-corrected chi connectivity index (χ1v) is 11.4. The van der Waals surface area contributed by atoms with Crippen LogP contribution in [-0.4, -0.2) is 16.6 Å². The lowest BCUT2D eigenvalue weighted by atomic mass is 9.46. The van der Waals surface area contributed by atoms with Gasteiger partial charge in [-0.05, 0) is 105 Å². The van der Waals surface area contributed by atoms with E-state index in [2.05, 4.69) is 19.8 Å². The third kappa shape index (κ3) is 3.02. The molecule has 8 atom stereocenters. The standard InChI is InChI=1S/C24H38O2/c1-3-24(26)13-5-7-19-17(16-24)9-10-21-20(19)11-14-23(2)18(12-15-25)6-4-8-22(21)23/h12,17-22,26H,3-11,13-14,16H2,1-2H3/t17-,18-,19+,20-,21-,22+,23-,24-/m1/s1. The summed E-state index contributed by atoms with van der Waals surface area (Å²) in [5.41, 5.74) is -0.0569. The maximum atomic E-state index is 11.1. The highest BCUT2D eigenvalue weighted by Gasteiger charge is 2.55. The summed E-state index contributed by atoms with van der Waals surface area (Å²) in [6, 6.07) is 0. The first-order chi connectivity index (χ1) is 12.5. The average molecular weight is 359 g/mol. The highest BCUT2D eigenvalue weighted by atomic mass is 16.3. The van der Waals surface area contributed by atoms with Crippen molar-refractivity contribution in [3.05, 3.63) is 6.08 Å². The number of hydrogen-bond acceptors (Lipinski definition) is 2. The van der Waals surface area contributed by atoms with Gasteiger partial charge in [0.05, 0.1) is 5.60 Å². The molecule has 1 N–H and O–H groups in total. The van der Waals surface area contributed by atoms with Crippen molar-refractivity contribution in [3.63, 3.8) is 0 Å². The quantitative estimate of drug-likeness (QED) is 0.656. The van der Waals surface area contributed by atoms with Gasteiger partial charge in [-0.1, -0.05) is 26.7 Å². The van der Waals surface area contributed by atoms with Gasteiger partial charge in [-0.15, -0.1) is 0 Å². The van der Waals surface area contributed by atoms with Crippen molar-refractivity contribution in [2.75, 3.05) is 0 Å². The summed E-state index contributed by atoms with van der Waals surface area (Å²) in [5, 5.41) is 11.0. The van der Waals surface area contributed by atoms with Crippen LogP contribution in [0.4, 0.5) is 0 Å². The van der Waals surface area contributed by atoms with Crippen LogP contribution in [0.25, 0.3) is 0 Å². The molecule has 0 saturated heterocycles. The zero-order chi connectivity index (χ0) is 18.4. The lowest BCUT2D eigenvalue weighted by Crippen LogP contribution is -2.51. The number of aliphatic hydroxyl groups is 1. The molecule has 4 saturated carbocycles. The molecule has 0 spiro atoms. The second-order valence-electron chi connectivity index (χ2n) is 10.5. The van der Waals surface area contributed by atoms with E-state index in [9.17, 15) is 9.90 Å². The molecule has 4 aliphatic carbocycles. The van der Waals surface area contributed by atoms with Crippen molar-refractivity contribution >= 4 is 5.94 Å². The van der Waals surface area contributed by atoms with Crippen molar-refractivity contribution in [2.45, 2.75) is 96.5 Å². The van der Waals surface area contributed by atoms with E-state index in [1.165, 1.54) is 57.8 Å². The van der Waals surface area contributed by atoms with E-state index in [-0.39, 0.29) is 5.60 Å². The molecule has 4 aliphatic rings. The van der Waals surface area contributed by atoms with Gasteiger partial charge in [0.25, 0.3) is 0 Å². The fourth-order valence-corrected chi connectivity index (χ4v) is 8.11. The van der Waals surface area contributed by atoms with E-state index in [1.54, 1.807) is 0 Å². The van der Waals surface area contributed by atoms with Crippen LogP contribution in [0.1, 0.15) is 90.9 Å². The van der Waals surface area contributed by atoms with Crippen molar-refractivity contribution in [3.8, 4) is 0 Å². The Kier molecular flexibility index (Phi) is 5.12. The molecule has 0 radical (unpaired) electrons. The lowest BCUT2D eigenvalue weighted by molar-refractivity contribution is -0.0970. The summed E-state index contributed by atoms with van der Waals surface area (Å²) in [5.74, 6) is 6.74. The molecule has 4 rings (SSSR count). The molecule has 0 amide bonds. The van der Waals surface area contributed by atoms with Gasteiger partial charge in [0.2, 0.25) is 0 Å². The van der Waals surface area contributed by atoms with Crippen molar-refractivity contribution in [2.24, 2.45) is 40.9 Å². The molecule has 0 aliphatic heterocycles. The fourth-order valence-electron chi connectivity index (χ4n) is 8.11. The third-order valence-electron chi connectivity index (χ3n) is 9.58. The molecule has 0 aromatic heterocycles. The minimum Gasteiger partial charge on any atom is -0.390 e. The monoisotopic (exact) mass is 358 g/mol. The molecule has 0 aromatic rings. The number of carbonyl (C=O) groups excluding carboxylic acids is 1. The number of rotatable bonds is 2. The molecular formula is C24H38O2. The predicted molar refractivity (Wildman–Crippen MR) is 105 cm³/mol. The Hall–Kier alpha value is -0.590. The van der Waals surface area contributed by atoms with Crippen LogP contribution >= 0.6 is 0 Å². The molecule has 146 valence electrons. The van der Waals surface area contributed by atoms with Gasteiger partial charge < -0.3 is 5.11 Å². The second kappa shape index (κ2) is 7.10. The van der Waals surface area contributed by atoms with E-state index in [0.717, 1.165) is 48.9 Å². The maximum Gasteiger partial charge on any atom is 0.120 e. The highest BCUT2D eigenvalue weighted by molar-refractivity contribution is 5.46. The van der Waals surface area contributed by atoms with Crippen LogP contribution in [0, 0.1) is 40.9 Å². The Morgan fingerprint density at radius 2 is 1.85 bits per heavy atom. The first-order valence-electron chi connectivity index (χ1n) is 11.4. The zero-order valence-electron chi connectivity index (χ0n) is 16.9. The Morgan fingerprint density at radius 1 is 1.00 bits per heavy atom. The minimum absolute atomic E-state index is 0.332. The summed E-state index contributed by atoms with van der Waals surface area (Å²) in [4.78, 5) is 11.1. The minimum atomic E-state index is -0.389. The number of fused-ring (bicyclic) bond motifs is 5. The van der Waals surface area contributed by atoms with Gasteiger partial charge in [0.1, 0.15) is 5.94 Å². The topological polar surface area (TPSA) is 37.3 Å². The molecule has 0 aromatic carbocycles. The molecule has 4 fully saturated rings. The maximum absolute atomic E-state index is 11.1. The van der Waals surface area contributed by atoms with Crippen LogP contribution < -0.4 is 0 Å². The zero-order valence-corrected chi connectivity index (χ0v) is 16.9. The van der Waals surface area contributed by atoms with Gasteiger partial charge in [0.15, 0.2) is 0 Å². The molecule has 2 nitrogen and oxygen atoms in total. The van der Waals surface area contributed by atoms with Crippen molar-refractivity contribution < 1.29 is 9.90 Å². The smallest absolute Gasteiger partial charge is 0.120 e. The van der Waals surface area contributed by atoms with Gasteiger partial charge in [0, 0.05) is 6.08 Å². The summed E-state index contributed by atoms with van der Waals surface area (Å²) in [7, 11) is 0. The first kappa shape index (κ1) is 18.8. The van der Waals surface area contributed by atoms with Crippen LogP contribution in [0.2, 0.25) is 0 Å². The molecule has 26 heavy (non-hydrogen) atoms. The molecular weight excluding hydrogens is 320 g/mol. The molecule has 0 bridgehead atoms. The van der Waals surface area contributed by atoms with Crippen LogP contribution in [0.3, 0.4) is 0 Å². The van der Waals surface area contributed by atoms with E-state index >= 15 is 0 Å². The summed E-state index contributed by atoms with van der Waals surface area (Å²) in [6.45, 7) is 4.65. The Labute approximate surface area is 159 Å². The highest BCUT2D eigenvalue weighted by Crippen LogP contribution is 2.63. The summed E-state index contributed by atoms with van der Waals surface area (Å²) in [6.07, 6.45) is 16.6. The SMILES string of the molecule is CC[C@@]1(O)CCC[C@H]2[C@H](CC[C@@H]3[C@@H]2CC[C@]2(C)[C@@H](C=C=O)CCC[C@@H]32)C1. The Balaban J connectivity index is 1.56. The van der Waals surface area contributed by atoms with Gasteiger partial charge in [-0.2, -0.15) is 0 Å². The predicted octanol–water partition coefficient (Wildman–Crippen LogP) is 5.56. The van der Waals surface area contributed by atoms with Crippen LogP contribution in [0.15, 0.2) is 6.08 Å².